The van der Waals surface area contributed by atoms with Gasteiger partial charge in [-0.15, -0.1) is 11.3 Å². The van der Waals surface area contributed by atoms with Gasteiger partial charge in [0.05, 0.1) is 17.6 Å². The van der Waals surface area contributed by atoms with Crippen molar-refractivity contribution in [1.82, 2.24) is 9.97 Å². The monoisotopic (exact) mass is 425 g/mol. The Balaban J connectivity index is 1.33. The summed E-state index contributed by atoms with van der Waals surface area (Å²) in [5, 5.41) is 0.659. The maximum Gasteiger partial charge on any atom is 0.349 e. The minimum Gasteiger partial charge on any atom is -0.475 e. The number of nitrogens with one attached hydrogen (secondary N) is 1. The van der Waals surface area contributed by atoms with Crippen molar-refractivity contribution in [2.45, 2.75) is 38.9 Å². The molecule has 30 heavy (non-hydrogen) atoms. The number of para-hydroxylation sites is 2. The van der Waals surface area contributed by atoms with Gasteiger partial charge >= 0.3 is 5.97 Å². The first-order valence-electron chi connectivity index (χ1n) is 9.75. The SMILES string of the molecule is CC(=O)N1C[C@@H](C(=O)OCc2nc3sc4c(c3c(=O)[nH]2)CCC4)Oc2ccccc21. The summed E-state index contributed by atoms with van der Waals surface area (Å²) < 4.78 is 11.1. The number of aromatic amines is 1. The van der Waals surface area contributed by atoms with Crippen LogP contribution >= 0.6 is 11.3 Å². The van der Waals surface area contributed by atoms with E-state index >= 15 is 0 Å². The molecule has 0 unspecified atom stereocenters. The molecular weight excluding hydrogens is 406 g/mol. The third-order valence-corrected chi connectivity index (χ3v) is 6.58. The molecule has 1 aromatic carbocycles. The molecule has 3 heterocycles. The second-order valence-corrected chi connectivity index (χ2v) is 8.45. The van der Waals surface area contributed by atoms with Crippen molar-refractivity contribution >= 4 is 39.1 Å². The van der Waals surface area contributed by atoms with Crippen molar-refractivity contribution in [2.24, 2.45) is 0 Å². The normalized spacial score (nSPS) is 17.4. The molecule has 0 saturated carbocycles. The number of H-pyrrole nitrogens is 1. The van der Waals surface area contributed by atoms with Gasteiger partial charge in [-0.1, -0.05) is 12.1 Å². The van der Waals surface area contributed by atoms with Crippen LogP contribution in [-0.2, 0) is 33.8 Å². The summed E-state index contributed by atoms with van der Waals surface area (Å²) in [4.78, 5) is 47.7. The van der Waals surface area contributed by atoms with Crippen LogP contribution in [0.5, 0.6) is 5.75 Å². The Labute approximate surface area is 175 Å². The predicted molar refractivity (Wildman–Crippen MR) is 111 cm³/mol. The summed E-state index contributed by atoms with van der Waals surface area (Å²) in [5.74, 6) is -0.0692. The molecule has 0 fully saturated rings. The first-order chi connectivity index (χ1) is 14.5. The minimum absolute atomic E-state index is 0.0613. The molecule has 154 valence electrons. The Hall–Kier alpha value is -3.20. The highest BCUT2D eigenvalue weighted by atomic mass is 32.1. The second kappa shape index (κ2) is 7.24. The van der Waals surface area contributed by atoms with Crippen molar-refractivity contribution in [3.8, 4) is 5.75 Å². The van der Waals surface area contributed by atoms with Gasteiger partial charge in [0.2, 0.25) is 12.0 Å². The second-order valence-electron chi connectivity index (χ2n) is 7.36. The predicted octanol–water partition coefficient (Wildman–Crippen LogP) is 2.33. The Morgan fingerprint density at radius 2 is 2.17 bits per heavy atom. The topological polar surface area (TPSA) is 102 Å². The van der Waals surface area contributed by atoms with Gasteiger partial charge in [-0.05, 0) is 37.0 Å². The number of amides is 1. The molecule has 1 aliphatic carbocycles. The molecular formula is C21H19N3O5S. The van der Waals surface area contributed by atoms with Crippen LogP contribution in [0, 0.1) is 0 Å². The molecule has 1 amide bonds. The number of rotatable bonds is 3. The van der Waals surface area contributed by atoms with Gasteiger partial charge in [0, 0.05) is 11.8 Å². The van der Waals surface area contributed by atoms with Crippen LogP contribution in [0.25, 0.3) is 10.2 Å². The number of esters is 1. The fraction of sp³-hybridized carbons (Fsp3) is 0.333. The average molecular weight is 425 g/mol. The van der Waals surface area contributed by atoms with E-state index in [0.29, 0.717) is 27.5 Å². The quantitative estimate of drug-likeness (QED) is 0.647. The van der Waals surface area contributed by atoms with Gasteiger partial charge in [0.1, 0.15) is 23.0 Å². The summed E-state index contributed by atoms with van der Waals surface area (Å²) in [6, 6.07) is 7.04. The maximum absolute atomic E-state index is 12.6. The molecule has 2 aliphatic rings. The van der Waals surface area contributed by atoms with Crippen LogP contribution < -0.4 is 15.2 Å². The van der Waals surface area contributed by atoms with Gasteiger partial charge in [-0.25, -0.2) is 9.78 Å². The smallest absolute Gasteiger partial charge is 0.349 e. The van der Waals surface area contributed by atoms with Crippen LogP contribution in [0.15, 0.2) is 29.1 Å². The molecule has 1 atom stereocenters. The van der Waals surface area contributed by atoms with E-state index in [1.807, 2.05) is 0 Å². The molecule has 0 radical (unpaired) electrons. The molecule has 8 nitrogen and oxygen atoms in total. The van der Waals surface area contributed by atoms with E-state index in [1.165, 1.54) is 28.0 Å². The molecule has 2 aromatic heterocycles. The average Bonchev–Trinajstić information content (AvgIpc) is 3.31. The Morgan fingerprint density at radius 3 is 3.00 bits per heavy atom. The van der Waals surface area contributed by atoms with Gasteiger partial charge in [-0.2, -0.15) is 0 Å². The largest absolute Gasteiger partial charge is 0.475 e. The number of carbonyl (C=O) groups is 2. The summed E-state index contributed by atoms with van der Waals surface area (Å²) in [6.07, 6.45) is 2.00. The fourth-order valence-corrected chi connectivity index (χ4v) is 5.28. The van der Waals surface area contributed by atoms with E-state index in [9.17, 15) is 14.4 Å². The lowest BCUT2D eigenvalue weighted by Crippen LogP contribution is -2.47. The molecule has 0 spiro atoms. The number of hydrogen-bond donors (Lipinski definition) is 1. The third-order valence-electron chi connectivity index (χ3n) is 5.39. The Bertz CT molecular complexity index is 1230. The van der Waals surface area contributed by atoms with E-state index in [2.05, 4.69) is 9.97 Å². The Morgan fingerprint density at radius 1 is 1.33 bits per heavy atom. The maximum atomic E-state index is 12.6. The zero-order chi connectivity index (χ0) is 20.8. The van der Waals surface area contributed by atoms with Crippen molar-refractivity contribution < 1.29 is 19.1 Å². The number of hydrogen-bond acceptors (Lipinski definition) is 7. The minimum atomic E-state index is -0.954. The van der Waals surface area contributed by atoms with Gasteiger partial charge in [-0.3, -0.25) is 9.59 Å². The highest BCUT2D eigenvalue weighted by Gasteiger charge is 2.33. The highest BCUT2D eigenvalue weighted by Crippen LogP contribution is 2.35. The zero-order valence-electron chi connectivity index (χ0n) is 16.3. The number of ether oxygens (including phenoxy) is 2. The number of fused-ring (bicyclic) bond motifs is 4. The van der Waals surface area contributed by atoms with Crippen LogP contribution in [0.2, 0.25) is 0 Å². The first-order valence-corrected chi connectivity index (χ1v) is 10.6. The summed E-state index contributed by atoms with van der Waals surface area (Å²) in [6.45, 7) is 1.33. The van der Waals surface area contributed by atoms with Crippen LogP contribution in [0.4, 0.5) is 5.69 Å². The van der Waals surface area contributed by atoms with E-state index < -0.39 is 12.1 Å². The lowest BCUT2D eigenvalue weighted by Gasteiger charge is -2.33. The van der Waals surface area contributed by atoms with Crippen LogP contribution in [0.3, 0.4) is 0 Å². The number of carbonyl (C=O) groups excluding carboxylic acids is 2. The highest BCUT2D eigenvalue weighted by molar-refractivity contribution is 7.18. The summed E-state index contributed by atoms with van der Waals surface area (Å²) in [5.41, 5.74) is 1.53. The summed E-state index contributed by atoms with van der Waals surface area (Å²) in [7, 11) is 0. The first kappa shape index (κ1) is 18.8. The van der Waals surface area contributed by atoms with Gasteiger partial charge in [0.15, 0.2) is 0 Å². The molecule has 3 aromatic rings. The number of benzene rings is 1. The van der Waals surface area contributed by atoms with Crippen molar-refractivity contribution in [3.05, 3.63) is 50.9 Å². The van der Waals surface area contributed by atoms with E-state index in [-0.39, 0.29) is 24.6 Å². The lowest BCUT2D eigenvalue weighted by atomic mass is 10.2. The number of nitrogens with zero attached hydrogens (tertiary/aromatic N) is 2. The molecule has 1 aliphatic heterocycles. The molecule has 9 heteroatoms. The van der Waals surface area contributed by atoms with Crippen molar-refractivity contribution in [2.75, 3.05) is 11.4 Å². The van der Waals surface area contributed by atoms with E-state index in [4.69, 9.17) is 9.47 Å². The number of anilines is 1. The third kappa shape index (κ3) is 3.15. The molecule has 0 saturated heterocycles. The lowest BCUT2D eigenvalue weighted by molar-refractivity contribution is -0.153. The van der Waals surface area contributed by atoms with Crippen molar-refractivity contribution in [3.63, 3.8) is 0 Å². The standard InChI is InChI=1S/C21H19N3O5S/c1-11(25)24-9-15(29-14-7-3-2-6-13(14)24)21(27)28-10-17-22-19(26)18-12-5-4-8-16(12)30-20(18)23-17/h2-3,6-7,15H,4-5,8-10H2,1H3,(H,22,23,26)/t15-/m0/s1. The van der Waals surface area contributed by atoms with Crippen molar-refractivity contribution in [1.29, 1.82) is 0 Å². The van der Waals surface area contributed by atoms with Gasteiger partial charge < -0.3 is 19.4 Å². The van der Waals surface area contributed by atoms with Gasteiger partial charge in [0.25, 0.3) is 5.56 Å². The number of aromatic nitrogens is 2. The number of thiophene rings is 1. The molecule has 0 bridgehead atoms. The molecule has 1 N–H and O–H groups in total. The number of aryl methyl sites for hydroxylation is 2. The Kier molecular flexibility index (Phi) is 4.54. The summed E-state index contributed by atoms with van der Waals surface area (Å²) >= 11 is 1.53. The van der Waals surface area contributed by atoms with Crippen LogP contribution in [0.1, 0.15) is 29.6 Å². The molecule has 5 rings (SSSR count). The van der Waals surface area contributed by atoms with E-state index in [1.54, 1.807) is 24.3 Å². The zero-order valence-corrected chi connectivity index (χ0v) is 17.1. The van der Waals surface area contributed by atoms with Crippen LogP contribution in [-0.4, -0.2) is 34.5 Å². The fourth-order valence-electron chi connectivity index (χ4n) is 4.00. The van der Waals surface area contributed by atoms with E-state index in [0.717, 1.165) is 24.8 Å².